The van der Waals surface area contributed by atoms with Crippen molar-refractivity contribution in [2.75, 3.05) is 0 Å². The topological polar surface area (TPSA) is 0 Å². The second-order valence-electron chi connectivity index (χ2n) is 3.38. The summed E-state index contributed by atoms with van der Waals surface area (Å²) in [5.74, 6) is 0. The first-order valence-corrected chi connectivity index (χ1v) is 5.23. The van der Waals surface area contributed by atoms with Crippen molar-refractivity contribution in [2.45, 2.75) is 0 Å². The SMILES string of the molecule is [C](=C/[C]=C\c1ccccc1)/c1ccccc1. The van der Waals surface area contributed by atoms with Crippen LogP contribution < -0.4 is 0 Å². The Morgan fingerprint density at radius 2 is 1.38 bits per heavy atom. The third kappa shape index (κ3) is 3.25. The molecular formula is C16H12. The summed E-state index contributed by atoms with van der Waals surface area (Å²) < 4.78 is 0. The molecule has 0 N–H and O–H groups in total. The van der Waals surface area contributed by atoms with Gasteiger partial charge in [0.05, 0.1) is 0 Å². The lowest BCUT2D eigenvalue weighted by Crippen LogP contribution is -1.70. The van der Waals surface area contributed by atoms with Gasteiger partial charge in [0.15, 0.2) is 0 Å². The number of allylic oxidation sites excluding steroid dienone is 2. The van der Waals surface area contributed by atoms with E-state index in [2.05, 4.69) is 12.2 Å². The van der Waals surface area contributed by atoms with Crippen LogP contribution in [0.5, 0.6) is 0 Å². The van der Waals surface area contributed by atoms with Gasteiger partial charge in [0, 0.05) is 0 Å². The fourth-order valence-corrected chi connectivity index (χ4v) is 1.35. The van der Waals surface area contributed by atoms with Crippen LogP contribution in [0.15, 0.2) is 66.7 Å². The van der Waals surface area contributed by atoms with E-state index >= 15 is 0 Å². The van der Waals surface area contributed by atoms with Crippen molar-refractivity contribution in [1.29, 1.82) is 0 Å². The summed E-state index contributed by atoms with van der Waals surface area (Å²) in [4.78, 5) is 0. The van der Waals surface area contributed by atoms with Gasteiger partial charge in [-0.25, -0.2) is 0 Å². The predicted molar refractivity (Wildman–Crippen MR) is 67.5 cm³/mol. The van der Waals surface area contributed by atoms with Gasteiger partial charge in [-0.1, -0.05) is 60.7 Å². The van der Waals surface area contributed by atoms with Crippen LogP contribution in [0.2, 0.25) is 0 Å². The lowest BCUT2D eigenvalue weighted by molar-refractivity contribution is 1.56. The van der Waals surface area contributed by atoms with E-state index in [1.54, 1.807) is 0 Å². The summed E-state index contributed by atoms with van der Waals surface area (Å²) in [5.41, 5.74) is 2.21. The fraction of sp³-hybridized carbons (Fsp3) is 0. The van der Waals surface area contributed by atoms with Gasteiger partial charge in [-0.2, -0.15) is 0 Å². The smallest absolute Gasteiger partial charge is 0.00990 e. The van der Waals surface area contributed by atoms with Gasteiger partial charge >= 0.3 is 0 Å². The standard InChI is InChI=1S/C16H12/c1-3-9-15(10-4-1)13-7-8-14-16-11-5-2-6-12-16/h1-7,9-12,14H. The van der Waals surface area contributed by atoms with E-state index in [0.29, 0.717) is 0 Å². The average molecular weight is 204 g/mol. The van der Waals surface area contributed by atoms with Crippen LogP contribution in [0, 0.1) is 12.2 Å². The number of hydrogen-bond acceptors (Lipinski definition) is 0. The highest BCUT2D eigenvalue weighted by Gasteiger charge is 1.82. The van der Waals surface area contributed by atoms with Gasteiger partial charge < -0.3 is 0 Å². The summed E-state index contributed by atoms with van der Waals surface area (Å²) >= 11 is 0. The predicted octanol–water partition coefficient (Wildman–Crippen LogP) is 3.91. The van der Waals surface area contributed by atoms with Crippen LogP contribution in [0.1, 0.15) is 11.1 Å². The Hall–Kier alpha value is -2.08. The van der Waals surface area contributed by atoms with Crippen LogP contribution in [0.4, 0.5) is 0 Å². The van der Waals surface area contributed by atoms with Gasteiger partial charge in [-0.15, -0.1) is 0 Å². The van der Waals surface area contributed by atoms with E-state index in [9.17, 15) is 0 Å². The lowest BCUT2D eigenvalue weighted by Gasteiger charge is -1.89. The molecule has 76 valence electrons. The largest absolute Gasteiger partial charge is 0.0622 e. The molecule has 0 unspecified atom stereocenters. The fourth-order valence-electron chi connectivity index (χ4n) is 1.35. The zero-order valence-electron chi connectivity index (χ0n) is 8.93. The maximum Gasteiger partial charge on any atom is -0.00990 e. The Morgan fingerprint density at radius 3 is 2.06 bits per heavy atom. The van der Waals surface area contributed by atoms with Crippen molar-refractivity contribution in [1.82, 2.24) is 0 Å². The first kappa shape index (κ1) is 10.4. The molecule has 0 fully saturated rings. The lowest BCUT2D eigenvalue weighted by atomic mass is 10.2. The molecule has 0 saturated carbocycles. The summed E-state index contributed by atoms with van der Waals surface area (Å²) in [6.07, 6.45) is 9.98. The Balaban J connectivity index is 1.98. The molecular weight excluding hydrogens is 192 g/mol. The van der Waals surface area contributed by atoms with Gasteiger partial charge in [-0.3, -0.25) is 0 Å². The number of rotatable bonds is 3. The summed E-state index contributed by atoms with van der Waals surface area (Å²) in [5, 5.41) is 0. The molecule has 0 heterocycles. The Labute approximate surface area is 96.6 Å². The number of benzene rings is 2. The Bertz CT molecular complexity index is 416. The maximum atomic E-state index is 3.15. The highest BCUT2D eigenvalue weighted by atomic mass is 13.9. The van der Waals surface area contributed by atoms with E-state index in [1.807, 2.05) is 72.8 Å². The zero-order valence-corrected chi connectivity index (χ0v) is 8.93. The molecule has 0 aliphatic carbocycles. The maximum absolute atomic E-state index is 3.15. The van der Waals surface area contributed by atoms with Crippen LogP contribution >= 0.6 is 0 Å². The normalized spacial score (nSPS) is 11.2. The second-order valence-corrected chi connectivity index (χ2v) is 3.38. The molecule has 0 bridgehead atoms. The van der Waals surface area contributed by atoms with E-state index in [-0.39, 0.29) is 0 Å². The summed E-state index contributed by atoms with van der Waals surface area (Å²) in [6, 6.07) is 20.1. The zero-order chi connectivity index (χ0) is 11.1. The molecule has 0 nitrogen and oxygen atoms in total. The van der Waals surface area contributed by atoms with E-state index in [0.717, 1.165) is 11.1 Å². The first-order chi connectivity index (χ1) is 7.95. The highest BCUT2D eigenvalue weighted by molar-refractivity contribution is 5.48. The van der Waals surface area contributed by atoms with E-state index in [1.165, 1.54) is 0 Å². The second kappa shape index (κ2) is 5.72. The molecule has 2 rings (SSSR count). The quantitative estimate of drug-likeness (QED) is 0.665. The molecule has 0 atom stereocenters. The monoisotopic (exact) mass is 204 g/mol. The minimum atomic E-state index is 1.07. The minimum absolute atomic E-state index is 1.07. The number of hydrogen-bond donors (Lipinski definition) is 0. The van der Waals surface area contributed by atoms with Crippen LogP contribution in [-0.4, -0.2) is 0 Å². The van der Waals surface area contributed by atoms with Gasteiger partial charge in [0.2, 0.25) is 0 Å². The molecule has 2 radical (unpaired) electrons. The van der Waals surface area contributed by atoms with E-state index in [4.69, 9.17) is 0 Å². The third-order valence-corrected chi connectivity index (χ3v) is 2.15. The van der Waals surface area contributed by atoms with Crippen molar-refractivity contribution < 1.29 is 0 Å². The molecule has 2 aromatic rings. The molecule has 2 aromatic carbocycles. The van der Waals surface area contributed by atoms with Crippen LogP contribution in [-0.2, 0) is 0 Å². The molecule has 0 aliphatic heterocycles. The first-order valence-electron chi connectivity index (χ1n) is 5.23. The van der Waals surface area contributed by atoms with E-state index < -0.39 is 0 Å². The van der Waals surface area contributed by atoms with Gasteiger partial charge in [0.25, 0.3) is 0 Å². The Morgan fingerprint density at radius 1 is 0.750 bits per heavy atom. The third-order valence-electron chi connectivity index (χ3n) is 2.15. The molecule has 16 heavy (non-hydrogen) atoms. The van der Waals surface area contributed by atoms with Crippen molar-refractivity contribution in [2.24, 2.45) is 0 Å². The van der Waals surface area contributed by atoms with Crippen molar-refractivity contribution in [3.63, 3.8) is 0 Å². The summed E-state index contributed by atoms with van der Waals surface area (Å²) in [7, 11) is 0. The molecule has 0 saturated heterocycles. The molecule has 0 aliphatic rings. The minimum Gasteiger partial charge on any atom is -0.0622 e. The van der Waals surface area contributed by atoms with Gasteiger partial charge in [-0.05, 0) is 35.4 Å². The van der Waals surface area contributed by atoms with Gasteiger partial charge in [0.1, 0.15) is 0 Å². The average Bonchev–Trinajstić information content (AvgIpc) is 2.37. The molecule has 0 amide bonds. The van der Waals surface area contributed by atoms with Crippen molar-refractivity contribution in [3.8, 4) is 0 Å². The van der Waals surface area contributed by atoms with Crippen molar-refractivity contribution >= 4 is 6.08 Å². The molecule has 0 aromatic heterocycles. The Kier molecular flexibility index (Phi) is 3.73. The highest BCUT2D eigenvalue weighted by Crippen LogP contribution is 2.01. The van der Waals surface area contributed by atoms with Crippen LogP contribution in [0.3, 0.4) is 0 Å². The van der Waals surface area contributed by atoms with Crippen LogP contribution in [0.25, 0.3) is 6.08 Å². The molecule has 0 heteroatoms. The molecule has 0 spiro atoms. The van der Waals surface area contributed by atoms with Crippen molar-refractivity contribution in [3.05, 3.63) is 90.0 Å². The summed E-state index contributed by atoms with van der Waals surface area (Å²) in [6.45, 7) is 0.